The van der Waals surface area contributed by atoms with Gasteiger partial charge in [0.25, 0.3) is 5.91 Å². The average Bonchev–Trinajstić information content (AvgIpc) is 3.59. The number of thioether (sulfide) groups is 1. The van der Waals surface area contributed by atoms with E-state index < -0.39 is 5.91 Å². The fourth-order valence-electron chi connectivity index (χ4n) is 4.90. The summed E-state index contributed by atoms with van der Waals surface area (Å²) in [5.74, 6) is 0.414. The number of amides is 2. The second-order valence-corrected chi connectivity index (χ2v) is 10.9. The Labute approximate surface area is 201 Å². The third-order valence-corrected chi connectivity index (χ3v) is 8.67. The Kier molecular flexibility index (Phi) is 6.89. The van der Waals surface area contributed by atoms with Gasteiger partial charge in [0.2, 0.25) is 11.9 Å². The minimum Gasteiger partial charge on any atom is -0.376 e. The van der Waals surface area contributed by atoms with Gasteiger partial charge in [0.15, 0.2) is 5.16 Å². The summed E-state index contributed by atoms with van der Waals surface area (Å²) in [6.45, 7) is 3.46. The molecule has 2 saturated heterocycles. The van der Waals surface area contributed by atoms with E-state index in [2.05, 4.69) is 25.0 Å². The van der Waals surface area contributed by atoms with Crippen molar-refractivity contribution in [2.45, 2.75) is 69.2 Å². The van der Waals surface area contributed by atoms with E-state index in [9.17, 15) is 9.59 Å². The van der Waals surface area contributed by atoms with Gasteiger partial charge in [-0.2, -0.15) is 0 Å². The van der Waals surface area contributed by atoms with Gasteiger partial charge < -0.3 is 20.7 Å². The van der Waals surface area contributed by atoms with Gasteiger partial charge in [-0.25, -0.2) is 0 Å². The molecule has 0 spiro atoms. The lowest BCUT2D eigenvalue weighted by atomic mass is 9.95. The van der Waals surface area contributed by atoms with E-state index in [-0.39, 0.29) is 17.8 Å². The molecule has 3 aliphatic rings. The summed E-state index contributed by atoms with van der Waals surface area (Å²) in [7, 11) is 0. The number of aromatic nitrogens is 3. The van der Waals surface area contributed by atoms with Crippen LogP contribution in [0.2, 0.25) is 0 Å². The van der Waals surface area contributed by atoms with Crippen LogP contribution in [0.1, 0.15) is 59.3 Å². The molecule has 33 heavy (non-hydrogen) atoms. The molecule has 1 aliphatic carbocycles. The minimum absolute atomic E-state index is 0.158. The number of thiophene rings is 1. The highest BCUT2D eigenvalue weighted by Gasteiger charge is 2.27. The van der Waals surface area contributed by atoms with E-state index in [4.69, 9.17) is 10.5 Å². The molecule has 0 unspecified atom stereocenters. The zero-order valence-corrected chi connectivity index (χ0v) is 20.3. The topological polar surface area (TPSA) is 115 Å². The SMILES string of the molecule is NC(=O)c1c(NC(=O)CSc2nnc(N3CCCC3)n2C[C@@H]2CCCO2)sc2c1CCCC2. The lowest BCUT2D eigenvalue weighted by Gasteiger charge is -2.20. The largest absolute Gasteiger partial charge is 0.376 e. The molecular formula is C22H30N6O3S2. The smallest absolute Gasteiger partial charge is 0.251 e. The van der Waals surface area contributed by atoms with Gasteiger partial charge >= 0.3 is 0 Å². The van der Waals surface area contributed by atoms with E-state index in [0.29, 0.717) is 17.1 Å². The van der Waals surface area contributed by atoms with Gasteiger partial charge in [0, 0.05) is 24.6 Å². The van der Waals surface area contributed by atoms with Gasteiger partial charge in [-0.05, 0) is 56.9 Å². The van der Waals surface area contributed by atoms with Crippen LogP contribution >= 0.6 is 23.1 Å². The van der Waals surface area contributed by atoms with Crippen LogP contribution in [0.3, 0.4) is 0 Å². The Morgan fingerprint density at radius 1 is 1.15 bits per heavy atom. The van der Waals surface area contributed by atoms with Crippen LogP contribution in [0.15, 0.2) is 5.16 Å². The van der Waals surface area contributed by atoms with Gasteiger partial charge in [-0.3, -0.25) is 14.2 Å². The number of hydrogen-bond donors (Lipinski definition) is 2. The second kappa shape index (κ2) is 10.0. The molecule has 2 fully saturated rings. The second-order valence-electron chi connectivity index (χ2n) is 8.84. The van der Waals surface area contributed by atoms with Crippen LogP contribution in [-0.2, 0) is 28.9 Å². The van der Waals surface area contributed by atoms with E-state index >= 15 is 0 Å². The lowest BCUT2D eigenvalue weighted by Crippen LogP contribution is -2.25. The Morgan fingerprint density at radius 3 is 2.73 bits per heavy atom. The maximum Gasteiger partial charge on any atom is 0.251 e. The Hall–Kier alpha value is -2.11. The third-order valence-electron chi connectivity index (χ3n) is 6.50. The molecule has 178 valence electrons. The summed E-state index contributed by atoms with van der Waals surface area (Å²) >= 11 is 2.86. The quantitative estimate of drug-likeness (QED) is 0.547. The fourth-order valence-corrected chi connectivity index (χ4v) is 6.95. The van der Waals surface area contributed by atoms with Crippen molar-refractivity contribution in [3.8, 4) is 0 Å². The number of hydrogen-bond acceptors (Lipinski definition) is 8. The van der Waals surface area contributed by atoms with E-state index in [1.807, 2.05) is 0 Å². The van der Waals surface area contributed by atoms with Crippen molar-refractivity contribution < 1.29 is 14.3 Å². The molecule has 4 heterocycles. The molecule has 2 amide bonds. The average molecular weight is 491 g/mol. The summed E-state index contributed by atoms with van der Waals surface area (Å²) in [6, 6.07) is 0. The number of carbonyl (C=O) groups excluding carboxylic acids is 2. The van der Waals surface area contributed by atoms with E-state index in [0.717, 1.165) is 87.7 Å². The predicted octanol–water partition coefficient (Wildman–Crippen LogP) is 2.83. The van der Waals surface area contributed by atoms with Gasteiger partial charge in [0.05, 0.1) is 24.0 Å². The number of anilines is 2. The molecule has 2 aliphatic heterocycles. The highest BCUT2D eigenvalue weighted by atomic mass is 32.2. The number of nitrogens with zero attached hydrogens (tertiary/aromatic N) is 4. The molecule has 5 rings (SSSR count). The minimum atomic E-state index is -0.469. The number of nitrogens with two attached hydrogens (primary N) is 1. The maximum absolute atomic E-state index is 12.8. The summed E-state index contributed by atoms with van der Waals surface area (Å²) in [4.78, 5) is 28.3. The third kappa shape index (κ3) is 4.90. The normalized spacial score (nSPS) is 20.2. The first-order valence-electron chi connectivity index (χ1n) is 11.8. The monoisotopic (exact) mass is 490 g/mol. The predicted molar refractivity (Wildman–Crippen MR) is 129 cm³/mol. The zero-order chi connectivity index (χ0) is 22.8. The Bertz CT molecular complexity index is 1020. The molecule has 0 aromatic carbocycles. The van der Waals surface area contributed by atoms with Crippen molar-refractivity contribution in [3.63, 3.8) is 0 Å². The highest BCUT2D eigenvalue weighted by molar-refractivity contribution is 7.99. The Balaban J connectivity index is 1.29. The molecule has 2 aromatic rings. The molecule has 9 nitrogen and oxygen atoms in total. The van der Waals surface area contributed by atoms with Crippen molar-refractivity contribution in [1.82, 2.24) is 14.8 Å². The number of fused-ring (bicyclic) bond motifs is 1. The van der Waals surface area contributed by atoms with Crippen LogP contribution in [0, 0.1) is 0 Å². The molecule has 0 bridgehead atoms. The molecule has 1 atom stereocenters. The Morgan fingerprint density at radius 2 is 1.97 bits per heavy atom. The first-order chi connectivity index (χ1) is 16.1. The number of carbonyl (C=O) groups is 2. The van der Waals surface area contributed by atoms with E-state index in [1.54, 1.807) is 0 Å². The first-order valence-corrected chi connectivity index (χ1v) is 13.6. The first kappa shape index (κ1) is 22.7. The van der Waals surface area contributed by atoms with Crippen molar-refractivity contribution in [1.29, 1.82) is 0 Å². The number of primary amides is 1. The number of ether oxygens (including phenoxy) is 1. The van der Waals surface area contributed by atoms with Gasteiger partial charge in [0.1, 0.15) is 5.00 Å². The maximum atomic E-state index is 12.8. The molecular weight excluding hydrogens is 460 g/mol. The molecule has 3 N–H and O–H groups in total. The van der Waals surface area contributed by atoms with Crippen LogP contribution in [0.5, 0.6) is 0 Å². The van der Waals surface area contributed by atoms with Crippen molar-refractivity contribution in [2.75, 3.05) is 35.7 Å². The van der Waals surface area contributed by atoms with Crippen LogP contribution in [0.25, 0.3) is 0 Å². The summed E-state index contributed by atoms with van der Waals surface area (Å²) < 4.78 is 7.96. The zero-order valence-electron chi connectivity index (χ0n) is 18.7. The van der Waals surface area contributed by atoms with Gasteiger partial charge in [-0.1, -0.05) is 11.8 Å². The van der Waals surface area contributed by atoms with E-state index in [1.165, 1.54) is 28.0 Å². The number of rotatable bonds is 8. The summed E-state index contributed by atoms with van der Waals surface area (Å²) in [6.07, 6.45) is 8.52. The van der Waals surface area contributed by atoms with Crippen molar-refractivity contribution in [2.24, 2.45) is 5.73 Å². The van der Waals surface area contributed by atoms with Crippen molar-refractivity contribution in [3.05, 3.63) is 16.0 Å². The van der Waals surface area contributed by atoms with Gasteiger partial charge in [-0.15, -0.1) is 21.5 Å². The summed E-state index contributed by atoms with van der Waals surface area (Å²) in [5.41, 5.74) is 7.17. The lowest BCUT2D eigenvalue weighted by molar-refractivity contribution is -0.113. The summed E-state index contributed by atoms with van der Waals surface area (Å²) in [5, 5.41) is 13.1. The highest BCUT2D eigenvalue weighted by Crippen LogP contribution is 2.38. The molecule has 0 saturated carbocycles. The van der Waals surface area contributed by atoms with Crippen molar-refractivity contribution >= 4 is 45.9 Å². The van der Waals surface area contributed by atoms with Crippen LogP contribution in [0.4, 0.5) is 10.9 Å². The molecule has 11 heteroatoms. The van der Waals surface area contributed by atoms with Crippen LogP contribution in [-0.4, -0.2) is 58.1 Å². The van der Waals surface area contributed by atoms with Crippen LogP contribution < -0.4 is 16.0 Å². The number of aryl methyl sites for hydroxylation is 1. The standard InChI is InChI=1S/C22H30N6O3S2/c23-19(30)18-15-7-1-2-8-16(15)33-20(18)24-17(29)13-32-22-26-25-21(27-9-3-4-10-27)28(22)12-14-6-5-11-31-14/h14H,1-13H2,(H2,23,30)(H,24,29)/t14-/m0/s1. The fraction of sp³-hybridized carbons (Fsp3) is 0.636. The number of nitrogens with one attached hydrogen (secondary N) is 1. The molecule has 2 aromatic heterocycles. The molecule has 0 radical (unpaired) electrons.